The van der Waals surface area contributed by atoms with Gasteiger partial charge in [-0.05, 0) is 36.2 Å². The third-order valence-electron chi connectivity index (χ3n) is 3.94. The summed E-state index contributed by atoms with van der Waals surface area (Å²) in [6.07, 6.45) is 4.47. The van der Waals surface area contributed by atoms with Crippen molar-refractivity contribution >= 4 is 41.0 Å². The zero-order chi connectivity index (χ0) is 17.8. The summed E-state index contributed by atoms with van der Waals surface area (Å²) in [7, 11) is 0. The summed E-state index contributed by atoms with van der Waals surface area (Å²) < 4.78 is 0. The quantitative estimate of drug-likeness (QED) is 0.744. The number of nitrogens with one attached hydrogen (secondary N) is 3. The largest absolute Gasteiger partial charge is 0.380 e. The van der Waals surface area contributed by atoms with Crippen molar-refractivity contribution in [2.75, 3.05) is 16.0 Å². The molecule has 0 radical (unpaired) electrons. The van der Waals surface area contributed by atoms with Crippen LogP contribution >= 0.6 is 0 Å². The highest BCUT2D eigenvalue weighted by Crippen LogP contribution is 2.31. The normalized spacial score (nSPS) is 16.6. The molecule has 5 heteroatoms. The Labute approximate surface area is 147 Å². The minimum Gasteiger partial charge on any atom is -0.380 e. The predicted octanol–water partition coefficient (Wildman–Crippen LogP) is 3.96. The van der Waals surface area contributed by atoms with E-state index >= 15 is 0 Å². The monoisotopic (exact) mass is 335 g/mol. The highest BCUT2D eigenvalue weighted by Gasteiger charge is 2.18. The third kappa shape index (κ3) is 4.26. The minimum absolute atomic E-state index is 0.0217. The van der Waals surface area contributed by atoms with Gasteiger partial charge in [-0.2, -0.15) is 0 Å². The summed E-state index contributed by atoms with van der Waals surface area (Å²) in [5.74, 6) is -0.0639. The molecule has 0 spiro atoms. The number of benzene rings is 2. The number of rotatable bonds is 3. The maximum atomic E-state index is 11.9. The molecule has 3 N–H and O–H groups in total. The molecule has 3 rings (SSSR count). The first-order valence-electron chi connectivity index (χ1n) is 8.26. The first-order chi connectivity index (χ1) is 12.0. The molecule has 0 saturated carbocycles. The van der Waals surface area contributed by atoms with Crippen molar-refractivity contribution in [1.29, 1.82) is 0 Å². The molecule has 2 amide bonds. The highest BCUT2D eigenvalue weighted by atomic mass is 16.2. The predicted molar refractivity (Wildman–Crippen MR) is 102 cm³/mol. The number of fused-ring (bicyclic) bond motifs is 1. The number of hydrogen-bond acceptors (Lipinski definition) is 3. The van der Waals surface area contributed by atoms with Gasteiger partial charge in [0.05, 0.1) is 11.4 Å². The van der Waals surface area contributed by atoms with Crippen molar-refractivity contribution in [2.24, 2.45) is 0 Å². The van der Waals surface area contributed by atoms with E-state index in [0.29, 0.717) is 6.42 Å². The summed E-state index contributed by atoms with van der Waals surface area (Å²) in [6, 6.07) is 13.5. The number of carbonyl (C=O) groups excluding carboxylic acids is 2. The van der Waals surface area contributed by atoms with E-state index in [1.165, 1.54) is 6.92 Å². The Morgan fingerprint density at radius 2 is 1.92 bits per heavy atom. The van der Waals surface area contributed by atoms with Gasteiger partial charge in [0.25, 0.3) is 0 Å². The highest BCUT2D eigenvalue weighted by molar-refractivity contribution is 5.98. The van der Waals surface area contributed by atoms with Crippen molar-refractivity contribution in [3.8, 4) is 0 Å². The van der Waals surface area contributed by atoms with E-state index in [-0.39, 0.29) is 17.9 Å². The molecule has 0 aliphatic carbocycles. The number of hydrogen-bond donors (Lipinski definition) is 3. The van der Waals surface area contributed by atoms with Crippen LogP contribution in [0.4, 0.5) is 17.1 Å². The van der Waals surface area contributed by atoms with Crippen LogP contribution in [0.5, 0.6) is 0 Å². The number of carbonyl (C=O) groups is 2. The van der Waals surface area contributed by atoms with E-state index in [2.05, 4.69) is 16.0 Å². The fraction of sp³-hybridized carbons (Fsp3) is 0.200. The van der Waals surface area contributed by atoms with Gasteiger partial charge in [-0.1, -0.05) is 36.4 Å². The summed E-state index contributed by atoms with van der Waals surface area (Å²) in [6.45, 7) is 3.48. The van der Waals surface area contributed by atoms with Crippen LogP contribution in [-0.2, 0) is 9.59 Å². The van der Waals surface area contributed by atoms with Crippen LogP contribution in [0.25, 0.3) is 12.2 Å². The van der Waals surface area contributed by atoms with Crippen molar-refractivity contribution in [2.45, 2.75) is 26.3 Å². The molecule has 0 aromatic heterocycles. The van der Waals surface area contributed by atoms with Gasteiger partial charge in [-0.15, -0.1) is 0 Å². The van der Waals surface area contributed by atoms with Gasteiger partial charge < -0.3 is 16.0 Å². The first kappa shape index (κ1) is 16.8. The van der Waals surface area contributed by atoms with Gasteiger partial charge >= 0.3 is 0 Å². The summed E-state index contributed by atoms with van der Waals surface area (Å²) in [5.41, 5.74) is 4.55. The molecule has 5 nitrogen and oxygen atoms in total. The van der Waals surface area contributed by atoms with E-state index in [1.54, 1.807) is 0 Å². The van der Waals surface area contributed by atoms with Gasteiger partial charge in [0.15, 0.2) is 0 Å². The van der Waals surface area contributed by atoms with Gasteiger partial charge in [-0.25, -0.2) is 0 Å². The molecule has 2 aromatic carbocycles. The Kier molecular flexibility index (Phi) is 4.84. The second kappa shape index (κ2) is 7.21. The zero-order valence-corrected chi connectivity index (χ0v) is 14.3. The Hall–Kier alpha value is -3.08. The van der Waals surface area contributed by atoms with Crippen LogP contribution < -0.4 is 16.0 Å². The lowest BCUT2D eigenvalue weighted by molar-refractivity contribution is -0.116. The van der Waals surface area contributed by atoms with E-state index < -0.39 is 0 Å². The van der Waals surface area contributed by atoms with Gasteiger partial charge in [0.1, 0.15) is 0 Å². The van der Waals surface area contributed by atoms with E-state index in [9.17, 15) is 9.59 Å². The second-order valence-electron chi connectivity index (χ2n) is 6.20. The maximum absolute atomic E-state index is 11.9. The third-order valence-corrected chi connectivity index (χ3v) is 3.94. The Balaban J connectivity index is 1.83. The smallest absolute Gasteiger partial charge is 0.226 e. The van der Waals surface area contributed by atoms with Crippen LogP contribution in [-0.4, -0.2) is 17.9 Å². The van der Waals surface area contributed by atoms with Gasteiger partial charge in [0.2, 0.25) is 11.8 Å². The molecule has 25 heavy (non-hydrogen) atoms. The summed E-state index contributed by atoms with van der Waals surface area (Å²) in [4.78, 5) is 22.9. The molecule has 2 aromatic rings. The topological polar surface area (TPSA) is 70.2 Å². The van der Waals surface area contributed by atoms with Gasteiger partial charge in [-0.3, -0.25) is 9.59 Å². The van der Waals surface area contributed by atoms with Gasteiger partial charge in [0, 0.05) is 25.1 Å². The van der Waals surface area contributed by atoms with Crippen molar-refractivity contribution in [3.63, 3.8) is 0 Å². The van der Waals surface area contributed by atoms with Crippen LogP contribution in [0.15, 0.2) is 42.5 Å². The summed E-state index contributed by atoms with van der Waals surface area (Å²) >= 11 is 0. The van der Waals surface area contributed by atoms with E-state index in [4.69, 9.17) is 0 Å². The summed E-state index contributed by atoms with van der Waals surface area (Å²) in [5, 5.41) is 9.10. The van der Waals surface area contributed by atoms with E-state index in [1.807, 2.05) is 61.5 Å². The molecule has 0 fully saturated rings. The standard InChI is InChI=1S/C20H21N3O2/c1-13-12-19(25)23-18-5-3-4-16(20(18)21-13)9-6-15-7-10-17(11-8-15)22-14(2)24/h3-11,13,21H,12H2,1-2H3,(H,22,24)(H,23,25)/b9-6+/t13-/m1/s1. The number of amides is 2. The van der Waals surface area contributed by atoms with Crippen LogP contribution in [0, 0.1) is 0 Å². The number of anilines is 3. The average molecular weight is 335 g/mol. The molecular formula is C20H21N3O2. The zero-order valence-electron chi connectivity index (χ0n) is 14.3. The first-order valence-corrected chi connectivity index (χ1v) is 8.26. The number of para-hydroxylation sites is 1. The Morgan fingerprint density at radius 3 is 2.64 bits per heavy atom. The lowest BCUT2D eigenvalue weighted by atomic mass is 10.1. The molecule has 1 atom stereocenters. The van der Waals surface area contributed by atoms with Crippen LogP contribution in [0.2, 0.25) is 0 Å². The maximum Gasteiger partial charge on any atom is 0.226 e. The lowest BCUT2D eigenvalue weighted by Crippen LogP contribution is -2.19. The molecular weight excluding hydrogens is 314 g/mol. The SMILES string of the molecule is CC(=O)Nc1ccc(/C=C/c2cccc3c2N[C@H](C)CC(=O)N3)cc1. The lowest BCUT2D eigenvalue weighted by Gasteiger charge is -2.14. The average Bonchev–Trinajstić information content (AvgIpc) is 2.70. The Bertz CT molecular complexity index is 825. The molecule has 0 saturated heterocycles. The van der Waals surface area contributed by atoms with Crippen LogP contribution in [0.1, 0.15) is 31.4 Å². The molecule has 1 aliphatic heterocycles. The Morgan fingerprint density at radius 1 is 1.16 bits per heavy atom. The van der Waals surface area contributed by atoms with Crippen LogP contribution in [0.3, 0.4) is 0 Å². The van der Waals surface area contributed by atoms with Crippen molar-refractivity contribution in [1.82, 2.24) is 0 Å². The van der Waals surface area contributed by atoms with Crippen molar-refractivity contribution < 1.29 is 9.59 Å². The molecule has 0 unspecified atom stereocenters. The molecule has 0 bridgehead atoms. The molecule has 128 valence electrons. The van der Waals surface area contributed by atoms with E-state index in [0.717, 1.165) is 28.2 Å². The second-order valence-corrected chi connectivity index (χ2v) is 6.20. The fourth-order valence-corrected chi connectivity index (χ4v) is 2.82. The minimum atomic E-state index is -0.0856. The van der Waals surface area contributed by atoms with Crippen molar-refractivity contribution in [3.05, 3.63) is 53.6 Å². The fourth-order valence-electron chi connectivity index (χ4n) is 2.82. The molecule has 1 heterocycles. The molecule has 1 aliphatic rings.